The van der Waals surface area contributed by atoms with Gasteiger partial charge in [0, 0.05) is 6.54 Å². The number of carbonyl (C=O) groups is 1. The fourth-order valence-corrected chi connectivity index (χ4v) is 2.85. The number of para-hydroxylation sites is 2. The van der Waals surface area contributed by atoms with E-state index in [0.29, 0.717) is 29.7 Å². The molecule has 1 amide bonds. The minimum absolute atomic E-state index is 0.0270. The number of aromatic nitrogens is 2. The lowest BCUT2D eigenvalue weighted by Crippen LogP contribution is -2.34. The Bertz CT molecular complexity index is 995. The summed E-state index contributed by atoms with van der Waals surface area (Å²) in [6.07, 6.45) is 0.688. The summed E-state index contributed by atoms with van der Waals surface area (Å²) in [5.41, 5.74) is 2.58. The van der Waals surface area contributed by atoms with Gasteiger partial charge < -0.3 is 10.1 Å². The molecule has 6 nitrogen and oxygen atoms in total. The molecular weight excluding hydrogens is 330 g/mol. The van der Waals surface area contributed by atoms with Gasteiger partial charge in [0.15, 0.2) is 0 Å². The Labute approximate surface area is 151 Å². The predicted molar refractivity (Wildman–Crippen MR) is 100 cm³/mol. The number of ether oxygens (including phenoxy) is 1. The van der Waals surface area contributed by atoms with E-state index >= 15 is 0 Å². The maximum absolute atomic E-state index is 12.4. The van der Waals surface area contributed by atoms with Crippen molar-refractivity contribution < 1.29 is 9.53 Å². The first-order valence-electron chi connectivity index (χ1n) is 8.44. The lowest BCUT2D eigenvalue weighted by molar-refractivity contribution is -0.121. The molecule has 1 N–H and O–H groups in total. The molecule has 0 aliphatic carbocycles. The summed E-state index contributed by atoms with van der Waals surface area (Å²) >= 11 is 0. The second-order valence-electron chi connectivity index (χ2n) is 6.03. The highest BCUT2D eigenvalue weighted by molar-refractivity contribution is 5.80. The van der Waals surface area contributed by atoms with Crippen LogP contribution in [0, 0.1) is 6.92 Å². The number of methoxy groups -OCH3 is 1. The van der Waals surface area contributed by atoms with E-state index in [2.05, 4.69) is 10.3 Å². The first kappa shape index (κ1) is 17.7. The molecule has 3 rings (SSSR count). The Balaban J connectivity index is 1.68. The van der Waals surface area contributed by atoms with Gasteiger partial charge in [-0.05, 0) is 43.2 Å². The van der Waals surface area contributed by atoms with Gasteiger partial charge in [0.1, 0.15) is 18.0 Å². The number of nitrogens with one attached hydrogen (secondary N) is 1. The van der Waals surface area contributed by atoms with Gasteiger partial charge in [0.2, 0.25) is 5.91 Å². The van der Waals surface area contributed by atoms with Gasteiger partial charge in [-0.2, -0.15) is 0 Å². The molecule has 0 spiro atoms. The molecule has 2 aromatic carbocycles. The van der Waals surface area contributed by atoms with E-state index in [4.69, 9.17) is 4.74 Å². The highest BCUT2D eigenvalue weighted by Gasteiger charge is 2.11. The van der Waals surface area contributed by atoms with Crippen LogP contribution in [0.1, 0.15) is 11.3 Å². The average Bonchev–Trinajstić information content (AvgIpc) is 2.65. The molecule has 1 aromatic heterocycles. The number of nitrogens with zero attached hydrogens (tertiary/aromatic N) is 2. The van der Waals surface area contributed by atoms with Gasteiger partial charge in [-0.3, -0.25) is 14.2 Å². The molecular formula is C20H21N3O3. The minimum atomic E-state index is -0.244. The van der Waals surface area contributed by atoms with Crippen molar-refractivity contribution in [1.29, 1.82) is 0 Å². The van der Waals surface area contributed by atoms with Gasteiger partial charge in [-0.25, -0.2) is 4.98 Å². The van der Waals surface area contributed by atoms with Crippen LogP contribution in [0.2, 0.25) is 0 Å². The van der Waals surface area contributed by atoms with Gasteiger partial charge in [-0.15, -0.1) is 0 Å². The zero-order valence-corrected chi connectivity index (χ0v) is 14.9. The molecule has 0 aliphatic rings. The molecule has 0 fully saturated rings. The normalized spacial score (nSPS) is 10.7. The fourth-order valence-electron chi connectivity index (χ4n) is 2.85. The van der Waals surface area contributed by atoms with Crippen LogP contribution in [-0.4, -0.2) is 29.1 Å². The second kappa shape index (κ2) is 7.82. The number of fused-ring (bicyclic) bond motifs is 1. The van der Waals surface area contributed by atoms with Crippen LogP contribution >= 0.6 is 0 Å². The molecule has 0 saturated carbocycles. The molecule has 0 unspecified atom stereocenters. The quantitative estimate of drug-likeness (QED) is 0.738. The summed E-state index contributed by atoms with van der Waals surface area (Å²) in [5.74, 6) is 0.588. The number of aryl methyl sites for hydroxylation is 1. The van der Waals surface area contributed by atoms with Crippen LogP contribution in [0.25, 0.3) is 11.0 Å². The lowest BCUT2D eigenvalue weighted by atomic mass is 10.1. The van der Waals surface area contributed by atoms with Crippen molar-refractivity contribution in [2.75, 3.05) is 13.7 Å². The van der Waals surface area contributed by atoms with Crippen molar-refractivity contribution in [2.24, 2.45) is 0 Å². The molecule has 0 atom stereocenters. The predicted octanol–water partition coefficient (Wildman–Crippen LogP) is 2.07. The van der Waals surface area contributed by atoms with E-state index in [1.807, 2.05) is 42.5 Å². The second-order valence-corrected chi connectivity index (χ2v) is 6.03. The lowest BCUT2D eigenvalue weighted by Gasteiger charge is -2.11. The zero-order valence-electron chi connectivity index (χ0n) is 14.9. The van der Waals surface area contributed by atoms with Crippen LogP contribution in [0.4, 0.5) is 0 Å². The standard InChI is InChI=1S/C20H21N3O3/c1-14-20(25)23(18-9-4-3-8-17(18)22-14)13-19(24)21-11-10-15-6-5-7-16(12-15)26-2/h3-9,12H,10-11,13H2,1-2H3,(H,21,24). The summed E-state index contributed by atoms with van der Waals surface area (Å²) in [4.78, 5) is 29.0. The number of amides is 1. The van der Waals surface area contributed by atoms with E-state index in [1.54, 1.807) is 20.1 Å². The number of benzene rings is 2. The SMILES string of the molecule is COc1cccc(CCNC(=O)Cn2c(=O)c(C)nc3ccccc32)c1. The first-order chi connectivity index (χ1) is 12.6. The Kier molecular flexibility index (Phi) is 5.31. The molecule has 0 saturated heterocycles. The van der Waals surface area contributed by atoms with Crippen LogP contribution in [0.3, 0.4) is 0 Å². The molecule has 3 aromatic rings. The summed E-state index contributed by atoms with van der Waals surface area (Å²) < 4.78 is 6.67. The van der Waals surface area contributed by atoms with Gasteiger partial charge in [0.25, 0.3) is 5.56 Å². The van der Waals surface area contributed by atoms with Crippen molar-refractivity contribution in [3.63, 3.8) is 0 Å². The smallest absolute Gasteiger partial charge is 0.272 e. The Hall–Kier alpha value is -3.15. The molecule has 1 heterocycles. The third kappa shape index (κ3) is 3.91. The van der Waals surface area contributed by atoms with Crippen LogP contribution in [0.15, 0.2) is 53.3 Å². The van der Waals surface area contributed by atoms with Gasteiger partial charge >= 0.3 is 0 Å². The van der Waals surface area contributed by atoms with Crippen LogP contribution < -0.4 is 15.6 Å². The Morgan fingerprint density at radius 2 is 2.00 bits per heavy atom. The largest absolute Gasteiger partial charge is 0.497 e. The fraction of sp³-hybridized carbons (Fsp3) is 0.250. The Morgan fingerprint density at radius 3 is 2.81 bits per heavy atom. The van der Waals surface area contributed by atoms with Gasteiger partial charge in [0.05, 0.1) is 18.1 Å². The molecule has 0 aliphatic heterocycles. The van der Waals surface area contributed by atoms with Crippen molar-refractivity contribution >= 4 is 16.9 Å². The number of carbonyl (C=O) groups excluding carboxylic acids is 1. The van der Waals surface area contributed by atoms with E-state index in [-0.39, 0.29) is 18.0 Å². The number of hydrogen-bond donors (Lipinski definition) is 1. The van der Waals surface area contributed by atoms with Crippen molar-refractivity contribution in [3.05, 3.63) is 70.1 Å². The van der Waals surface area contributed by atoms with E-state index < -0.39 is 0 Å². The number of rotatable bonds is 6. The first-order valence-corrected chi connectivity index (χ1v) is 8.44. The maximum Gasteiger partial charge on any atom is 0.272 e. The topological polar surface area (TPSA) is 73.2 Å². The van der Waals surface area contributed by atoms with E-state index in [1.165, 1.54) is 4.57 Å². The highest BCUT2D eigenvalue weighted by Crippen LogP contribution is 2.12. The summed E-state index contributed by atoms with van der Waals surface area (Å²) in [5, 5.41) is 2.87. The van der Waals surface area contributed by atoms with Gasteiger partial charge in [-0.1, -0.05) is 24.3 Å². The van der Waals surface area contributed by atoms with Crippen molar-refractivity contribution in [3.8, 4) is 5.75 Å². The Morgan fingerprint density at radius 1 is 1.19 bits per heavy atom. The summed E-state index contributed by atoms with van der Waals surface area (Å²) in [6, 6.07) is 15.0. The zero-order chi connectivity index (χ0) is 18.5. The monoisotopic (exact) mass is 351 g/mol. The van der Waals surface area contributed by atoms with E-state index in [0.717, 1.165) is 11.3 Å². The minimum Gasteiger partial charge on any atom is -0.497 e. The summed E-state index contributed by atoms with van der Waals surface area (Å²) in [7, 11) is 1.62. The van der Waals surface area contributed by atoms with E-state index in [9.17, 15) is 9.59 Å². The van der Waals surface area contributed by atoms with Crippen LogP contribution in [-0.2, 0) is 17.8 Å². The molecule has 0 bridgehead atoms. The molecule has 26 heavy (non-hydrogen) atoms. The number of hydrogen-bond acceptors (Lipinski definition) is 4. The van der Waals surface area contributed by atoms with Crippen LogP contribution in [0.5, 0.6) is 5.75 Å². The average molecular weight is 351 g/mol. The molecule has 6 heteroatoms. The van der Waals surface area contributed by atoms with Crippen molar-refractivity contribution in [1.82, 2.24) is 14.9 Å². The summed E-state index contributed by atoms with van der Waals surface area (Å²) in [6.45, 7) is 2.12. The third-order valence-corrected chi connectivity index (χ3v) is 4.19. The third-order valence-electron chi connectivity index (χ3n) is 4.19. The molecule has 0 radical (unpaired) electrons. The van der Waals surface area contributed by atoms with Crippen molar-refractivity contribution in [2.45, 2.75) is 19.9 Å². The maximum atomic E-state index is 12.4. The highest BCUT2D eigenvalue weighted by atomic mass is 16.5. The molecule has 134 valence electrons.